The predicted molar refractivity (Wildman–Crippen MR) is 82.9 cm³/mol. The molecule has 21 heavy (non-hydrogen) atoms. The molecule has 114 valence electrons. The summed E-state index contributed by atoms with van der Waals surface area (Å²) < 4.78 is 0. The summed E-state index contributed by atoms with van der Waals surface area (Å²) in [5, 5.41) is 14.7. The summed E-state index contributed by atoms with van der Waals surface area (Å²) in [6, 6.07) is 5.96. The number of hydrogen-bond acceptors (Lipinski definition) is 5. The standard InChI is InChI=1S/C15H22N4O2/c1-12-3-2-4-14(19(20)21)15(12)18-9-7-17(8-10-18)13-5-6-16-11-13/h2-4,13,16H,5-11H2,1H3. The number of hydrogen-bond donors (Lipinski definition) is 1. The van der Waals surface area contributed by atoms with Crippen LogP contribution in [0.4, 0.5) is 11.4 Å². The summed E-state index contributed by atoms with van der Waals surface area (Å²) in [6.07, 6.45) is 1.21. The van der Waals surface area contributed by atoms with Crippen LogP contribution in [0.25, 0.3) is 0 Å². The lowest BCUT2D eigenvalue weighted by molar-refractivity contribution is -0.384. The summed E-state index contributed by atoms with van der Waals surface area (Å²) >= 11 is 0. The van der Waals surface area contributed by atoms with E-state index in [0.717, 1.165) is 50.5 Å². The molecule has 0 amide bonds. The SMILES string of the molecule is Cc1cccc([N+](=O)[O-])c1N1CCN(C2CCNC2)CC1. The van der Waals surface area contributed by atoms with Gasteiger partial charge < -0.3 is 10.2 Å². The molecule has 1 aromatic carbocycles. The topological polar surface area (TPSA) is 61.7 Å². The van der Waals surface area contributed by atoms with E-state index in [1.54, 1.807) is 12.1 Å². The Hall–Kier alpha value is -1.66. The fourth-order valence-electron chi connectivity index (χ4n) is 3.46. The molecule has 1 aromatic rings. The molecule has 2 aliphatic heterocycles. The molecule has 0 aromatic heterocycles. The number of nitrogens with one attached hydrogen (secondary N) is 1. The summed E-state index contributed by atoms with van der Waals surface area (Å²) in [5.74, 6) is 0. The maximum atomic E-state index is 11.3. The smallest absolute Gasteiger partial charge is 0.292 e. The lowest BCUT2D eigenvalue weighted by Gasteiger charge is -2.39. The molecule has 0 bridgehead atoms. The van der Waals surface area contributed by atoms with Crippen molar-refractivity contribution in [2.45, 2.75) is 19.4 Å². The van der Waals surface area contributed by atoms with Crippen LogP contribution < -0.4 is 10.2 Å². The maximum Gasteiger partial charge on any atom is 0.292 e. The van der Waals surface area contributed by atoms with Gasteiger partial charge in [0.2, 0.25) is 0 Å². The lowest BCUT2D eigenvalue weighted by Crippen LogP contribution is -2.51. The van der Waals surface area contributed by atoms with Crippen molar-refractivity contribution in [2.24, 2.45) is 0 Å². The van der Waals surface area contributed by atoms with Gasteiger partial charge in [0.15, 0.2) is 0 Å². The van der Waals surface area contributed by atoms with Gasteiger partial charge in [-0.3, -0.25) is 15.0 Å². The predicted octanol–water partition coefficient (Wildman–Crippen LogP) is 1.39. The number of nitro benzene ring substituents is 1. The minimum atomic E-state index is -0.268. The Morgan fingerprint density at radius 1 is 1.29 bits per heavy atom. The van der Waals surface area contributed by atoms with Crippen LogP contribution in [0.15, 0.2) is 18.2 Å². The molecule has 2 heterocycles. The van der Waals surface area contributed by atoms with Crippen molar-refractivity contribution in [1.82, 2.24) is 10.2 Å². The number of nitro groups is 1. The molecular weight excluding hydrogens is 268 g/mol. The summed E-state index contributed by atoms with van der Waals surface area (Å²) in [6.45, 7) is 7.83. The quantitative estimate of drug-likeness (QED) is 0.673. The van der Waals surface area contributed by atoms with Crippen molar-refractivity contribution in [3.63, 3.8) is 0 Å². The third kappa shape index (κ3) is 2.87. The second-order valence-electron chi connectivity index (χ2n) is 5.87. The zero-order valence-electron chi connectivity index (χ0n) is 12.4. The summed E-state index contributed by atoms with van der Waals surface area (Å²) in [7, 11) is 0. The molecule has 1 atom stereocenters. The highest BCUT2D eigenvalue weighted by Crippen LogP contribution is 2.32. The van der Waals surface area contributed by atoms with E-state index >= 15 is 0 Å². The monoisotopic (exact) mass is 290 g/mol. The zero-order valence-corrected chi connectivity index (χ0v) is 12.4. The average molecular weight is 290 g/mol. The van der Waals surface area contributed by atoms with E-state index < -0.39 is 0 Å². The molecule has 3 rings (SSSR count). The number of nitrogens with zero attached hydrogens (tertiary/aromatic N) is 3. The van der Waals surface area contributed by atoms with Crippen LogP contribution in [0, 0.1) is 17.0 Å². The summed E-state index contributed by atoms with van der Waals surface area (Å²) in [5.41, 5.74) is 2.01. The number of rotatable bonds is 3. The number of piperazine rings is 1. The maximum absolute atomic E-state index is 11.3. The van der Waals surface area contributed by atoms with Gasteiger partial charge in [0, 0.05) is 44.8 Å². The van der Waals surface area contributed by atoms with Crippen LogP contribution in [-0.4, -0.2) is 55.1 Å². The minimum absolute atomic E-state index is 0.228. The fraction of sp³-hybridized carbons (Fsp3) is 0.600. The van der Waals surface area contributed by atoms with Crippen LogP contribution in [0.5, 0.6) is 0 Å². The van der Waals surface area contributed by atoms with Crippen LogP contribution in [-0.2, 0) is 0 Å². The Labute approximate surface area is 124 Å². The van der Waals surface area contributed by atoms with Gasteiger partial charge in [-0.2, -0.15) is 0 Å². The highest BCUT2D eigenvalue weighted by molar-refractivity contribution is 5.67. The van der Waals surface area contributed by atoms with Crippen molar-refractivity contribution in [3.8, 4) is 0 Å². The van der Waals surface area contributed by atoms with Crippen molar-refractivity contribution in [3.05, 3.63) is 33.9 Å². The first-order valence-corrected chi connectivity index (χ1v) is 7.60. The first-order valence-electron chi connectivity index (χ1n) is 7.60. The van der Waals surface area contributed by atoms with Gasteiger partial charge in [0.1, 0.15) is 5.69 Å². The van der Waals surface area contributed by atoms with E-state index in [1.807, 2.05) is 13.0 Å². The van der Waals surface area contributed by atoms with Crippen LogP contribution in [0.2, 0.25) is 0 Å². The Balaban J connectivity index is 1.73. The highest BCUT2D eigenvalue weighted by atomic mass is 16.6. The normalized spacial score (nSPS) is 23.5. The Morgan fingerprint density at radius 3 is 2.67 bits per heavy atom. The van der Waals surface area contributed by atoms with Gasteiger partial charge in [-0.1, -0.05) is 12.1 Å². The highest BCUT2D eigenvalue weighted by Gasteiger charge is 2.29. The molecular formula is C15H22N4O2. The van der Waals surface area contributed by atoms with Crippen LogP contribution in [0.3, 0.4) is 0 Å². The third-order valence-corrected chi connectivity index (χ3v) is 4.59. The van der Waals surface area contributed by atoms with Crippen molar-refractivity contribution in [1.29, 1.82) is 0 Å². The number of para-hydroxylation sites is 1. The molecule has 0 radical (unpaired) electrons. The molecule has 1 N–H and O–H groups in total. The van der Waals surface area contributed by atoms with E-state index in [0.29, 0.717) is 6.04 Å². The number of anilines is 1. The number of aryl methyl sites for hydroxylation is 1. The van der Waals surface area contributed by atoms with E-state index in [4.69, 9.17) is 0 Å². The van der Waals surface area contributed by atoms with Gasteiger partial charge in [-0.25, -0.2) is 0 Å². The molecule has 2 aliphatic rings. The van der Waals surface area contributed by atoms with Gasteiger partial charge in [-0.15, -0.1) is 0 Å². The Kier molecular flexibility index (Phi) is 4.07. The van der Waals surface area contributed by atoms with Crippen molar-refractivity contribution < 1.29 is 4.92 Å². The molecule has 2 fully saturated rings. The first-order chi connectivity index (χ1) is 10.2. The molecule has 6 heteroatoms. The molecule has 0 aliphatic carbocycles. The summed E-state index contributed by atoms with van der Waals surface area (Å²) in [4.78, 5) is 15.7. The van der Waals surface area contributed by atoms with Gasteiger partial charge >= 0.3 is 0 Å². The molecule has 6 nitrogen and oxygen atoms in total. The van der Waals surface area contributed by atoms with E-state index in [2.05, 4.69) is 15.1 Å². The first kappa shape index (κ1) is 14.3. The lowest BCUT2D eigenvalue weighted by atomic mass is 10.1. The van der Waals surface area contributed by atoms with Crippen LogP contribution >= 0.6 is 0 Å². The van der Waals surface area contributed by atoms with Gasteiger partial charge in [0.05, 0.1) is 4.92 Å². The number of benzene rings is 1. The van der Waals surface area contributed by atoms with Crippen molar-refractivity contribution in [2.75, 3.05) is 44.2 Å². The van der Waals surface area contributed by atoms with E-state index in [-0.39, 0.29) is 10.6 Å². The molecule has 0 spiro atoms. The molecule has 2 saturated heterocycles. The Bertz CT molecular complexity index is 520. The van der Waals surface area contributed by atoms with Crippen molar-refractivity contribution >= 4 is 11.4 Å². The van der Waals surface area contributed by atoms with E-state index in [9.17, 15) is 10.1 Å². The average Bonchev–Trinajstić information content (AvgIpc) is 3.01. The minimum Gasteiger partial charge on any atom is -0.363 e. The van der Waals surface area contributed by atoms with Gasteiger partial charge in [0.25, 0.3) is 5.69 Å². The molecule has 0 saturated carbocycles. The second kappa shape index (κ2) is 5.99. The zero-order chi connectivity index (χ0) is 14.8. The fourth-order valence-corrected chi connectivity index (χ4v) is 3.46. The Morgan fingerprint density at radius 2 is 2.05 bits per heavy atom. The third-order valence-electron chi connectivity index (χ3n) is 4.59. The molecule has 1 unspecified atom stereocenters. The van der Waals surface area contributed by atoms with Crippen LogP contribution in [0.1, 0.15) is 12.0 Å². The second-order valence-corrected chi connectivity index (χ2v) is 5.87. The van der Waals surface area contributed by atoms with E-state index in [1.165, 1.54) is 6.42 Å². The largest absolute Gasteiger partial charge is 0.363 e. The van der Waals surface area contributed by atoms with Gasteiger partial charge in [-0.05, 0) is 25.5 Å².